The van der Waals surface area contributed by atoms with Crippen molar-refractivity contribution in [3.05, 3.63) is 0 Å². The molecule has 0 heterocycles. The summed E-state index contributed by atoms with van der Waals surface area (Å²) >= 11 is 0. The van der Waals surface area contributed by atoms with Crippen LogP contribution in [0.15, 0.2) is 0 Å². The summed E-state index contributed by atoms with van der Waals surface area (Å²) in [6.45, 7) is 3.21. The number of aliphatic hydroxyl groups is 1. The molecule has 1 amide bonds. The molecule has 130 valence electrons. The fraction of sp³-hybridized carbons (Fsp3) is 0.846. The van der Waals surface area contributed by atoms with Gasteiger partial charge in [-0.15, -0.1) is 0 Å². The lowest BCUT2D eigenvalue weighted by atomic mass is 10.3. The molecule has 0 saturated carbocycles. The summed E-state index contributed by atoms with van der Waals surface area (Å²) in [7, 11) is -3.61. The van der Waals surface area contributed by atoms with Gasteiger partial charge >= 0.3 is 12.1 Å². The lowest BCUT2D eigenvalue weighted by molar-refractivity contribution is -0.151. The first-order valence-electron chi connectivity index (χ1n) is 7.39. The summed E-state index contributed by atoms with van der Waals surface area (Å²) < 4.78 is 21.0. The number of ether oxygens (including phenoxy) is 2. The standard InChI is InChI=1S/C13H26NO7P/c1-3-5-9-22(18,19)12(16)7-8-14-13(17)21-10-20-11(15)6-4-2/h12,16H,3-10H2,1-2H3,(H,14,17)(H,18,19)/t12-/m0/s1. The van der Waals surface area contributed by atoms with E-state index >= 15 is 0 Å². The number of alkyl carbamates (subject to hydrolysis) is 1. The molecule has 0 bridgehead atoms. The second-order valence-corrected chi connectivity index (χ2v) is 7.40. The van der Waals surface area contributed by atoms with Gasteiger partial charge in [-0.1, -0.05) is 20.3 Å². The molecule has 0 fully saturated rings. The molecule has 0 saturated heterocycles. The van der Waals surface area contributed by atoms with Gasteiger partial charge in [-0.3, -0.25) is 9.36 Å². The van der Waals surface area contributed by atoms with E-state index in [4.69, 9.17) is 0 Å². The molecule has 22 heavy (non-hydrogen) atoms. The number of hydrogen-bond acceptors (Lipinski definition) is 6. The van der Waals surface area contributed by atoms with Crippen LogP contribution in [-0.2, 0) is 18.8 Å². The maximum absolute atomic E-state index is 11.8. The molecule has 2 atom stereocenters. The number of carbonyl (C=O) groups is 2. The normalized spacial score (nSPS) is 14.7. The Balaban J connectivity index is 3.83. The van der Waals surface area contributed by atoms with Crippen LogP contribution in [0, 0.1) is 0 Å². The number of hydrogen-bond donors (Lipinski definition) is 3. The minimum atomic E-state index is -3.61. The molecule has 0 aromatic heterocycles. The van der Waals surface area contributed by atoms with Gasteiger partial charge in [0.2, 0.25) is 14.2 Å². The van der Waals surface area contributed by atoms with E-state index in [1.807, 2.05) is 13.8 Å². The van der Waals surface area contributed by atoms with E-state index in [1.54, 1.807) is 0 Å². The van der Waals surface area contributed by atoms with Crippen molar-refractivity contribution < 1.29 is 33.6 Å². The first-order chi connectivity index (χ1) is 10.3. The van der Waals surface area contributed by atoms with Gasteiger partial charge in [0.25, 0.3) is 0 Å². The van der Waals surface area contributed by atoms with E-state index < -0.39 is 32.1 Å². The number of aliphatic hydroxyl groups excluding tert-OH is 1. The summed E-state index contributed by atoms with van der Waals surface area (Å²) in [6.07, 6.45) is 1.40. The van der Waals surface area contributed by atoms with Crippen molar-refractivity contribution in [2.45, 2.75) is 51.8 Å². The number of esters is 1. The van der Waals surface area contributed by atoms with Crippen LogP contribution in [0.25, 0.3) is 0 Å². The predicted molar refractivity (Wildman–Crippen MR) is 80.6 cm³/mol. The van der Waals surface area contributed by atoms with Crippen LogP contribution in [0.5, 0.6) is 0 Å². The average molecular weight is 339 g/mol. The zero-order valence-corrected chi connectivity index (χ0v) is 14.0. The van der Waals surface area contributed by atoms with Crippen molar-refractivity contribution >= 4 is 19.4 Å². The quantitative estimate of drug-likeness (QED) is 0.298. The largest absolute Gasteiger partial charge is 0.428 e. The SMILES string of the molecule is CCCCP(=O)(O)[C@H](O)CCNC(=O)OCOC(=O)CCC. The van der Waals surface area contributed by atoms with Gasteiger partial charge in [0, 0.05) is 25.5 Å². The van der Waals surface area contributed by atoms with Crippen LogP contribution in [0.2, 0.25) is 0 Å². The van der Waals surface area contributed by atoms with Crippen molar-refractivity contribution in [3.8, 4) is 0 Å². The summed E-state index contributed by atoms with van der Waals surface area (Å²) in [5.41, 5.74) is 0. The van der Waals surface area contributed by atoms with Gasteiger partial charge in [-0.25, -0.2) is 4.79 Å². The number of nitrogens with one attached hydrogen (secondary N) is 1. The second kappa shape index (κ2) is 11.5. The Bertz CT molecular complexity index is 389. The molecule has 0 radical (unpaired) electrons. The van der Waals surface area contributed by atoms with E-state index in [0.717, 1.165) is 6.42 Å². The second-order valence-electron chi connectivity index (χ2n) is 4.84. The molecule has 8 nitrogen and oxygen atoms in total. The molecule has 0 aliphatic heterocycles. The topological polar surface area (TPSA) is 122 Å². The van der Waals surface area contributed by atoms with Crippen molar-refractivity contribution in [1.82, 2.24) is 5.32 Å². The van der Waals surface area contributed by atoms with Gasteiger partial charge in [0.1, 0.15) is 5.85 Å². The molecule has 0 aromatic carbocycles. The highest BCUT2D eigenvalue weighted by molar-refractivity contribution is 7.58. The van der Waals surface area contributed by atoms with Crippen LogP contribution in [0.3, 0.4) is 0 Å². The van der Waals surface area contributed by atoms with Crippen molar-refractivity contribution in [3.63, 3.8) is 0 Å². The van der Waals surface area contributed by atoms with E-state index in [9.17, 15) is 24.2 Å². The van der Waals surface area contributed by atoms with E-state index in [0.29, 0.717) is 12.8 Å². The Morgan fingerprint density at radius 3 is 2.50 bits per heavy atom. The Morgan fingerprint density at radius 2 is 1.91 bits per heavy atom. The average Bonchev–Trinajstić information content (AvgIpc) is 2.45. The third-order valence-corrected chi connectivity index (χ3v) is 4.98. The minimum Gasteiger partial charge on any atom is -0.428 e. The number of carbonyl (C=O) groups excluding carboxylic acids is 2. The van der Waals surface area contributed by atoms with Crippen LogP contribution >= 0.6 is 7.37 Å². The molecule has 3 N–H and O–H groups in total. The molecule has 0 aliphatic rings. The third-order valence-electron chi connectivity index (χ3n) is 2.83. The van der Waals surface area contributed by atoms with Crippen LogP contribution in [-0.4, -0.2) is 47.4 Å². The predicted octanol–water partition coefficient (Wildman–Crippen LogP) is 1.79. The number of rotatable bonds is 11. The van der Waals surface area contributed by atoms with E-state index in [-0.39, 0.29) is 25.5 Å². The molecule has 9 heteroatoms. The van der Waals surface area contributed by atoms with E-state index in [2.05, 4.69) is 14.8 Å². The van der Waals surface area contributed by atoms with Crippen LogP contribution in [0.1, 0.15) is 46.0 Å². The van der Waals surface area contributed by atoms with Gasteiger partial charge in [0.15, 0.2) is 0 Å². The lowest BCUT2D eigenvalue weighted by Gasteiger charge is -2.18. The summed E-state index contributed by atoms with van der Waals surface area (Å²) in [4.78, 5) is 31.9. The molecule has 0 aromatic rings. The molecule has 1 unspecified atom stereocenters. The summed E-state index contributed by atoms with van der Waals surface area (Å²) in [5.74, 6) is -1.83. The Kier molecular flexibility index (Phi) is 10.9. The Morgan fingerprint density at radius 1 is 1.23 bits per heavy atom. The van der Waals surface area contributed by atoms with E-state index in [1.165, 1.54) is 0 Å². The number of unbranched alkanes of at least 4 members (excludes halogenated alkanes) is 1. The lowest BCUT2D eigenvalue weighted by Crippen LogP contribution is -2.29. The van der Waals surface area contributed by atoms with Gasteiger partial charge < -0.3 is 24.8 Å². The fourth-order valence-electron chi connectivity index (χ4n) is 1.51. The van der Waals surface area contributed by atoms with Crippen molar-refractivity contribution in [2.24, 2.45) is 0 Å². The highest BCUT2D eigenvalue weighted by atomic mass is 31.2. The zero-order chi connectivity index (χ0) is 17.0. The van der Waals surface area contributed by atoms with Crippen molar-refractivity contribution in [1.29, 1.82) is 0 Å². The van der Waals surface area contributed by atoms with Gasteiger partial charge in [0.05, 0.1) is 0 Å². The van der Waals surface area contributed by atoms with Crippen molar-refractivity contribution in [2.75, 3.05) is 19.5 Å². The first kappa shape index (κ1) is 20.9. The smallest absolute Gasteiger partial charge is 0.410 e. The van der Waals surface area contributed by atoms with Gasteiger partial charge in [-0.2, -0.15) is 0 Å². The molecular weight excluding hydrogens is 313 g/mol. The van der Waals surface area contributed by atoms with Gasteiger partial charge in [-0.05, 0) is 12.8 Å². The van der Waals surface area contributed by atoms with Crippen LogP contribution < -0.4 is 5.32 Å². The first-order valence-corrected chi connectivity index (χ1v) is 9.30. The maximum atomic E-state index is 11.8. The molecule has 0 aliphatic carbocycles. The zero-order valence-electron chi connectivity index (χ0n) is 13.1. The molecule has 0 rings (SSSR count). The summed E-state index contributed by atoms with van der Waals surface area (Å²) in [6, 6.07) is 0. The Labute approximate surface area is 130 Å². The molecule has 0 spiro atoms. The third kappa shape index (κ3) is 9.76. The highest BCUT2D eigenvalue weighted by Gasteiger charge is 2.27. The Hall–Kier alpha value is -1.11. The number of amides is 1. The monoisotopic (exact) mass is 339 g/mol. The minimum absolute atomic E-state index is 0.0143. The highest BCUT2D eigenvalue weighted by Crippen LogP contribution is 2.46. The fourth-order valence-corrected chi connectivity index (χ4v) is 3.11. The summed E-state index contributed by atoms with van der Waals surface area (Å²) in [5, 5.41) is 12.0. The van der Waals surface area contributed by atoms with Crippen LogP contribution in [0.4, 0.5) is 4.79 Å². The molecular formula is C13H26NO7P. The maximum Gasteiger partial charge on any atom is 0.410 e.